The zero-order chi connectivity index (χ0) is 8.27. The molecule has 0 atom stereocenters. The number of methoxy groups -OCH3 is 1. The Morgan fingerprint density at radius 1 is 1.55 bits per heavy atom. The molecule has 0 radical (unpaired) electrons. The minimum atomic E-state index is -1.48. The van der Waals surface area contributed by atoms with Crippen molar-refractivity contribution in [1.82, 2.24) is 0 Å². The summed E-state index contributed by atoms with van der Waals surface area (Å²) in [6, 6.07) is 0. The van der Waals surface area contributed by atoms with Crippen LogP contribution in [0.15, 0.2) is 29.5 Å². The van der Waals surface area contributed by atoms with Crippen LogP contribution in [-0.4, -0.2) is 24.3 Å². The van der Waals surface area contributed by atoms with Gasteiger partial charge in [-0.1, -0.05) is 0 Å². The molecule has 0 saturated heterocycles. The zero-order valence-electron chi connectivity index (χ0n) is 6.11. The van der Waals surface area contributed by atoms with Crippen molar-refractivity contribution in [1.29, 1.82) is 0 Å². The first-order valence-electron chi connectivity index (χ1n) is 3.16. The highest BCUT2D eigenvalue weighted by molar-refractivity contribution is 6.51. The average Bonchev–Trinajstić information content (AvgIpc) is 2.05. The molecule has 1 rings (SSSR count). The fraction of sp³-hybridized carbons (Fsp3) is 0.143. The van der Waals surface area contributed by atoms with Crippen molar-refractivity contribution in [3.63, 3.8) is 0 Å². The van der Waals surface area contributed by atoms with Gasteiger partial charge in [0, 0.05) is 6.08 Å². The van der Waals surface area contributed by atoms with Crippen molar-refractivity contribution in [2.75, 3.05) is 7.11 Å². The molecule has 0 aromatic rings. The zero-order valence-corrected chi connectivity index (χ0v) is 6.11. The lowest BCUT2D eigenvalue weighted by atomic mass is 9.77. The number of hydrogen-bond acceptors (Lipinski definition) is 3. The van der Waals surface area contributed by atoms with E-state index >= 15 is 0 Å². The second-order valence-corrected chi connectivity index (χ2v) is 2.06. The predicted molar refractivity (Wildman–Crippen MR) is 41.2 cm³/mol. The quantitative estimate of drug-likeness (QED) is 0.425. The topological polar surface area (TPSA) is 49.7 Å². The molecule has 4 heteroatoms. The summed E-state index contributed by atoms with van der Waals surface area (Å²) in [6.45, 7) is 0. The van der Waals surface area contributed by atoms with Gasteiger partial charge in [0.1, 0.15) is 6.08 Å². The Bertz CT molecular complexity index is 228. The molecule has 2 N–H and O–H groups in total. The van der Waals surface area contributed by atoms with Gasteiger partial charge in [0.05, 0.1) is 19.3 Å². The molecule has 0 aliphatic heterocycles. The van der Waals surface area contributed by atoms with E-state index in [1.165, 1.54) is 13.2 Å². The van der Waals surface area contributed by atoms with Gasteiger partial charge < -0.3 is 14.8 Å². The van der Waals surface area contributed by atoms with Gasteiger partial charge in [0.25, 0.3) is 0 Å². The normalized spacial score (nSPS) is 14.8. The first kappa shape index (κ1) is 8.02. The third kappa shape index (κ3) is 1.92. The van der Waals surface area contributed by atoms with E-state index in [2.05, 4.69) is 6.08 Å². The molecular formula is C7H8BO3+. The molecule has 0 heterocycles. The van der Waals surface area contributed by atoms with Gasteiger partial charge in [0.15, 0.2) is 5.47 Å². The Kier molecular flexibility index (Phi) is 2.44. The molecule has 0 aromatic heterocycles. The second-order valence-electron chi connectivity index (χ2n) is 2.06. The van der Waals surface area contributed by atoms with Crippen LogP contribution in [0.1, 0.15) is 0 Å². The molecule has 0 saturated carbocycles. The van der Waals surface area contributed by atoms with Crippen molar-refractivity contribution in [2.24, 2.45) is 0 Å². The first-order chi connectivity index (χ1) is 5.24. The largest absolute Gasteiger partial charge is 0.527 e. The van der Waals surface area contributed by atoms with Gasteiger partial charge in [0.2, 0.25) is 5.76 Å². The van der Waals surface area contributed by atoms with Crippen LogP contribution in [0.25, 0.3) is 0 Å². The minimum absolute atomic E-state index is 0.310. The van der Waals surface area contributed by atoms with Gasteiger partial charge >= 0.3 is 7.12 Å². The van der Waals surface area contributed by atoms with Gasteiger partial charge in [-0.05, 0) is 0 Å². The Balaban J connectivity index is 2.79. The highest BCUT2D eigenvalue weighted by atomic mass is 16.5. The Labute approximate surface area is 65.4 Å². The van der Waals surface area contributed by atoms with Crippen molar-refractivity contribution in [2.45, 2.75) is 0 Å². The first-order valence-corrected chi connectivity index (χ1v) is 3.16. The van der Waals surface area contributed by atoms with Crippen LogP contribution in [-0.2, 0) is 4.74 Å². The van der Waals surface area contributed by atoms with Crippen LogP contribution in [0.2, 0.25) is 0 Å². The van der Waals surface area contributed by atoms with Crippen LogP contribution < -0.4 is 0 Å². The molecule has 11 heavy (non-hydrogen) atoms. The maximum Gasteiger partial charge on any atom is 0.527 e. The maximum absolute atomic E-state index is 8.71. The van der Waals surface area contributed by atoms with E-state index in [0.29, 0.717) is 11.2 Å². The molecule has 0 amide bonds. The van der Waals surface area contributed by atoms with E-state index in [9.17, 15) is 0 Å². The summed E-state index contributed by atoms with van der Waals surface area (Å²) in [7, 11) is 0.0353. The monoisotopic (exact) mass is 151 g/mol. The van der Waals surface area contributed by atoms with Gasteiger partial charge in [-0.25, -0.2) is 0 Å². The highest BCUT2D eigenvalue weighted by Crippen LogP contribution is 2.10. The van der Waals surface area contributed by atoms with E-state index in [0.717, 1.165) is 0 Å². The number of ether oxygens (including phenoxy) is 1. The molecule has 0 aromatic carbocycles. The molecule has 56 valence electrons. The Hall–Kier alpha value is -1.09. The van der Waals surface area contributed by atoms with E-state index in [-0.39, 0.29) is 0 Å². The molecule has 1 aliphatic carbocycles. The van der Waals surface area contributed by atoms with E-state index in [4.69, 9.17) is 14.8 Å². The molecule has 0 spiro atoms. The molecule has 0 unspecified atom stereocenters. The molecule has 3 nitrogen and oxygen atoms in total. The van der Waals surface area contributed by atoms with Crippen LogP contribution >= 0.6 is 0 Å². The van der Waals surface area contributed by atoms with Gasteiger partial charge in [-0.2, -0.15) is 0 Å². The van der Waals surface area contributed by atoms with Crippen molar-refractivity contribution in [3.8, 4) is 0 Å². The second kappa shape index (κ2) is 3.35. The van der Waals surface area contributed by atoms with E-state index in [1.807, 2.05) is 0 Å². The number of allylic oxidation sites excluding steroid dienone is 5. The summed E-state index contributed by atoms with van der Waals surface area (Å²) in [4.78, 5) is 0. The molecule has 1 aliphatic rings. The average molecular weight is 151 g/mol. The predicted octanol–water partition coefficient (Wildman–Crippen LogP) is -0.172. The number of rotatable bonds is 2. The fourth-order valence-electron chi connectivity index (χ4n) is 0.739. The smallest absolute Gasteiger partial charge is 0.475 e. The van der Waals surface area contributed by atoms with Crippen molar-refractivity contribution < 1.29 is 14.8 Å². The Morgan fingerprint density at radius 3 is 2.82 bits per heavy atom. The summed E-state index contributed by atoms with van der Waals surface area (Å²) in [5.41, 5.74) is 0.310. The SMILES string of the molecule is COC1=CC(B(O)O)=[C+]C=C1. The van der Waals surface area contributed by atoms with E-state index in [1.54, 1.807) is 12.2 Å². The van der Waals surface area contributed by atoms with E-state index < -0.39 is 7.12 Å². The summed E-state index contributed by atoms with van der Waals surface area (Å²) in [6.07, 6.45) is 7.44. The lowest BCUT2D eigenvalue weighted by Gasteiger charge is -1.97. The van der Waals surface area contributed by atoms with Crippen LogP contribution in [0.3, 0.4) is 0 Å². The standard InChI is InChI=1S/C7H8BO3/c1-11-7-4-2-3-6(5-7)8(9)10/h2,4-5,9-10H,1H3/q+1. The molecule has 0 bridgehead atoms. The summed E-state index contributed by atoms with van der Waals surface area (Å²) in [5, 5.41) is 17.4. The third-order valence-electron chi connectivity index (χ3n) is 1.31. The summed E-state index contributed by atoms with van der Waals surface area (Å²) >= 11 is 0. The van der Waals surface area contributed by atoms with Gasteiger partial charge in [-0.15, -0.1) is 0 Å². The summed E-state index contributed by atoms with van der Waals surface area (Å²) in [5.74, 6) is 0.590. The van der Waals surface area contributed by atoms with Crippen LogP contribution in [0.5, 0.6) is 0 Å². The van der Waals surface area contributed by atoms with Gasteiger partial charge in [-0.3, -0.25) is 0 Å². The third-order valence-corrected chi connectivity index (χ3v) is 1.31. The summed E-state index contributed by atoms with van der Waals surface area (Å²) < 4.78 is 4.86. The fourth-order valence-corrected chi connectivity index (χ4v) is 0.739. The Morgan fingerprint density at radius 2 is 2.27 bits per heavy atom. The van der Waals surface area contributed by atoms with Crippen LogP contribution in [0.4, 0.5) is 0 Å². The lowest BCUT2D eigenvalue weighted by molar-refractivity contribution is 0.306. The van der Waals surface area contributed by atoms with Crippen molar-refractivity contribution >= 4 is 7.12 Å². The minimum Gasteiger partial charge on any atom is -0.475 e. The lowest BCUT2D eigenvalue weighted by Crippen LogP contribution is -2.15. The maximum atomic E-state index is 8.71. The van der Waals surface area contributed by atoms with Crippen LogP contribution in [0, 0.1) is 6.08 Å². The molecular weight excluding hydrogens is 143 g/mol. The van der Waals surface area contributed by atoms with Crippen molar-refractivity contribution in [3.05, 3.63) is 35.5 Å². The molecule has 0 fully saturated rings. The number of hydrogen-bond donors (Lipinski definition) is 2. The highest BCUT2D eigenvalue weighted by Gasteiger charge is 2.22.